The molecule has 0 saturated heterocycles. The van der Waals surface area contributed by atoms with E-state index in [1.165, 1.54) is 23.4 Å². The van der Waals surface area contributed by atoms with Gasteiger partial charge in [-0.25, -0.2) is 4.39 Å². The Morgan fingerprint density at radius 3 is 2.91 bits per heavy atom. The second-order valence-corrected chi connectivity index (χ2v) is 7.10. The van der Waals surface area contributed by atoms with E-state index in [0.29, 0.717) is 22.1 Å². The molecule has 3 rings (SSSR count). The normalized spacial score (nSPS) is 16.5. The van der Waals surface area contributed by atoms with E-state index in [9.17, 15) is 9.18 Å². The molecule has 0 aliphatic carbocycles. The van der Waals surface area contributed by atoms with E-state index in [2.05, 4.69) is 13.0 Å². The Hall–Kier alpha value is -1.52. The number of anilines is 1. The summed E-state index contributed by atoms with van der Waals surface area (Å²) in [6, 6.07) is 12.8. The van der Waals surface area contributed by atoms with Crippen LogP contribution in [0.4, 0.5) is 10.1 Å². The second kappa shape index (κ2) is 6.93. The number of nitrogens with zero attached hydrogens (tertiary/aromatic N) is 1. The molecule has 1 heterocycles. The van der Waals surface area contributed by atoms with Crippen molar-refractivity contribution in [2.75, 3.05) is 10.7 Å². The van der Waals surface area contributed by atoms with Crippen molar-refractivity contribution < 1.29 is 9.18 Å². The Bertz CT molecular complexity index is 737. The van der Waals surface area contributed by atoms with Crippen molar-refractivity contribution in [3.8, 4) is 0 Å². The number of fused-ring (bicyclic) bond motifs is 1. The first-order chi connectivity index (χ1) is 11.1. The van der Waals surface area contributed by atoms with E-state index in [1.54, 1.807) is 12.1 Å². The summed E-state index contributed by atoms with van der Waals surface area (Å²) in [6.45, 7) is 2.06. The van der Waals surface area contributed by atoms with Gasteiger partial charge >= 0.3 is 0 Å². The van der Waals surface area contributed by atoms with Gasteiger partial charge in [0.15, 0.2) is 0 Å². The molecule has 120 valence electrons. The van der Waals surface area contributed by atoms with Gasteiger partial charge in [-0.05, 0) is 42.7 Å². The minimum Gasteiger partial charge on any atom is -0.308 e. The van der Waals surface area contributed by atoms with Gasteiger partial charge in [-0.15, -0.1) is 11.8 Å². The number of thioether (sulfide) groups is 1. The number of rotatable bonds is 4. The van der Waals surface area contributed by atoms with Gasteiger partial charge in [0, 0.05) is 22.5 Å². The molecule has 1 amide bonds. The number of carbonyl (C=O) groups is 1. The molecule has 23 heavy (non-hydrogen) atoms. The van der Waals surface area contributed by atoms with Crippen LogP contribution in [0, 0.1) is 5.82 Å². The lowest BCUT2D eigenvalue weighted by atomic mass is 10.1. The van der Waals surface area contributed by atoms with Crippen LogP contribution in [0.3, 0.4) is 0 Å². The molecule has 0 unspecified atom stereocenters. The highest BCUT2D eigenvalue weighted by Gasteiger charge is 2.30. The summed E-state index contributed by atoms with van der Waals surface area (Å²) >= 11 is 7.17. The van der Waals surface area contributed by atoms with Crippen molar-refractivity contribution in [2.24, 2.45) is 0 Å². The SMILES string of the molecule is C[C@@H]1Cc2ccccc2N1C(=O)CSCc1ccc(Cl)cc1F. The third-order valence-electron chi connectivity index (χ3n) is 3.97. The van der Waals surface area contributed by atoms with Crippen LogP contribution in [-0.4, -0.2) is 17.7 Å². The summed E-state index contributed by atoms with van der Waals surface area (Å²) in [5, 5.41) is 0.384. The van der Waals surface area contributed by atoms with Gasteiger partial charge < -0.3 is 4.90 Å². The molecule has 5 heteroatoms. The van der Waals surface area contributed by atoms with Crippen LogP contribution in [0.5, 0.6) is 0 Å². The minimum absolute atomic E-state index is 0.0711. The zero-order chi connectivity index (χ0) is 16.4. The Kier molecular flexibility index (Phi) is 4.93. The monoisotopic (exact) mass is 349 g/mol. The first kappa shape index (κ1) is 16.3. The highest BCUT2D eigenvalue weighted by molar-refractivity contribution is 7.99. The van der Waals surface area contributed by atoms with Crippen LogP contribution in [-0.2, 0) is 17.0 Å². The molecule has 0 fully saturated rings. The van der Waals surface area contributed by atoms with E-state index >= 15 is 0 Å². The molecule has 0 spiro atoms. The molecule has 1 aliphatic heterocycles. The number of halogens is 2. The lowest BCUT2D eigenvalue weighted by Gasteiger charge is -2.22. The van der Waals surface area contributed by atoms with E-state index < -0.39 is 0 Å². The van der Waals surface area contributed by atoms with Gasteiger partial charge in [0.1, 0.15) is 5.82 Å². The Morgan fingerprint density at radius 2 is 2.13 bits per heavy atom. The van der Waals surface area contributed by atoms with E-state index in [-0.39, 0.29) is 17.8 Å². The molecule has 2 aromatic rings. The molecule has 0 N–H and O–H groups in total. The maximum absolute atomic E-state index is 13.7. The van der Waals surface area contributed by atoms with Crippen LogP contribution < -0.4 is 4.90 Å². The van der Waals surface area contributed by atoms with E-state index in [4.69, 9.17) is 11.6 Å². The number of para-hydroxylation sites is 1. The summed E-state index contributed by atoms with van der Waals surface area (Å²) in [5.41, 5.74) is 2.78. The van der Waals surface area contributed by atoms with Gasteiger partial charge in [-0.1, -0.05) is 35.9 Å². The number of hydrogen-bond acceptors (Lipinski definition) is 2. The van der Waals surface area contributed by atoms with Gasteiger partial charge in [-0.2, -0.15) is 0 Å². The van der Waals surface area contributed by atoms with Gasteiger partial charge in [0.2, 0.25) is 5.91 Å². The minimum atomic E-state index is -0.322. The lowest BCUT2D eigenvalue weighted by molar-refractivity contribution is -0.116. The molecule has 1 aliphatic rings. The first-order valence-electron chi connectivity index (χ1n) is 7.48. The van der Waals surface area contributed by atoms with Crippen molar-refractivity contribution in [2.45, 2.75) is 25.1 Å². The first-order valence-corrected chi connectivity index (χ1v) is 9.01. The van der Waals surface area contributed by atoms with Crippen LogP contribution in [0.2, 0.25) is 5.02 Å². The van der Waals surface area contributed by atoms with Gasteiger partial charge in [-0.3, -0.25) is 4.79 Å². The third-order valence-corrected chi connectivity index (χ3v) is 5.18. The average molecular weight is 350 g/mol. The molecule has 2 nitrogen and oxygen atoms in total. The molecule has 1 atom stereocenters. The van der Waals surface area contributed by atoms with Crippen LogP contribution in [0.25, 0.3) is 0 Å². The summed E-state index contributed by atoms with van der Waals surface area (Å²) in [7, 11) is 0. The van der Waals surface area contributed by atoms with Crippen molar-refractivity contribution in [3.63, 3.8) is 0 Å². The predicted molar refractivity (Wildman–Crippen MR) is 94.7 cm³/mol. The number of carbonyl (C=O) groups excluding carboxylic acids is 1. The zero-order valence-corrected chi connectivity index (χ0v) is 14.3. The second-order valence-electron chi connectivity index (χ2n) is 5.67. The van der Waals surface area contributed by atoms with E-state index in [0.717, 1.165) is 12.1 Å². The smallest absolute Gasteiger partial charge is 0.237 e. The third kappa shape index (κ3) is 3.54. The molecule has 0 saturated carbocycles. The van der Waals surface area contributed by atoms with E-state index in [1.807, 2.05) is 23.1 Å². The molecule has 2 aromatic carbocycles. The van der Waals surface area contributed by atoms with Crippen molar-refractivity contribution >= 4 is 35.0 Å². The molecular weight excluding hydrogens is 333 g/mol. The topological polar surface area (TPSA) is 20.3 Å². The fraction of sp³-hybridized carbons (Fsp3) is 0.278. The average Bonchev–Trinajstić information content (AvgIpc) is 2.85. The van der Waals surface area contributed by atoms with Crippen LogP contribution >= 0.6 is 23.4 Å². The fourth-order valence-electron chi connectivity index (χ4n) is 2.90. The Balaban J connectivity index is 1.62. The fourth-order valence-corrected chi connectivity index (χ4v) is 3.93. The summed E-state index contributed by atoms with van der Waals surface area (Å²) in [5.74, 6) is 0.540. The van der Waals surface area contributed by atoms with Crippen molar-refractivity contribution in [3.05, 3.63) is 64.4 Å². The highest BCUT2D eigenvalue weighted by Crippen LogP contribution is 2.32. The molecule has 0 radical (unpaired) electrons. The zero-order valence-electron chi connectivity index (χ0n) is 12.8. The quantitative estimate of drug-likeness (QED) is 0.798. The number of amides is 1. The van der Waals surface area contributed by atoms with Crippen molar-refractivity contribution in [1.29, 1.82) is 0 Å². The van der Waals surface area contributed by atoms with Crippen LogP contribution in [0.1, 0.15) is 18.1 Å². The van der Waals surface area contributed by atoms with Crippen molar-refractivity contribution in [1.82, 2.24) is 0 Å². The summed E-state index contributed by atoms with van der Waals surface area (Å²) < 4.78 is 13.7. The van der Waals surface area contributed by atoms with Gasteiger partial charge in [0.05, 0.1) is 5.75 Å². The van der Waals surface area contributed by atoms with Gasteiger partial charge in [0.25, 0.3) is 0 Å². The lowest BCUT2D eigenvalue weighted by Crippen LogP contribution is -2.37. The molecule has 0 bridgehead atoms. The summed E-state index contributed by atoms with van der Waals surface area (Å²) in [6.07, 6.45) is 0.887. The van der Waals surface area contributed by atoms with Crippen LogP contribution in [0.15, 0.2) is 42.5 Å². The maximum atomic E-state index is 13.7. The molecular formula is C18H17ClFNOS. The maximum Gasteiger partial charge on any atom is 0.237 e. The number of benzene rings is 2. The largest absolute Gasteiger partial charge is 0.308 e. The standard InChI is InChI=1S/C18H17ClFNOS/c1-12-8-13-4-2-3-5-17(13)21(12)18(22)11-23-10-14-6-7-15(19)9-16(14)20/h2-7,9,12H,8,10-11H2,1H3/t12-/m1/s1. The highest BCUT2D eigenvalue weighted by atomic mass is 35.5. The number of hydrogen-bond donors (Lipinski definition) is 0. The molecule has 0 aromatic heterocycles. The predicted octanol–water partition coefficient (Wildman–Crippen LogP) is 4.69. The Morgan fingerprint density at radius 1 is 1.35 bits per heavy atom. The Labute approximate surface area is 144 Å². The summed E-state index contributed by atoms with van der Waals surface area (Å²) in [4.78, 5) is 14.4.